The van der Waals surface area contributed by atoms with Crippen LogP contribution in [0.4, 0.5) is 5.69 Å². The van der Waals surface area contributed by atoms with E-state index in [2.05, 4.69) is 9.69 Å². The Balaban J connectivity index is 1.68. The van der Waals surface area contributed by atoms with Gasteiger partial charge in [0.1, 0.15) is 6.54 Å². The van der Waals surface area contributed by atoms with E-state index in [0.29, 0.717) is 11.2 Å². The highest BCUT2D eigenvalue weighted by Gasteiger charge is 2.29. The van der Waals surface area contributed by atoms with Crippen LogP contribution in [0.5, 0.6) is 0 Å². The summed E-state index contributed by atoms with van der Waals surface area (Å²) in [5.74, 6) is -0.321. The number of nitrogens with zero attached hydrogens (tertiary/aromatic N) is 3. The maximum absolute atomic E-state index is 12.8. The zero-order valence-corrected chi connectivity index (χ0v) is 15.6. The van der Waals surface area contributed by atoms with E-state index in [0.717, 1.165) is 29.3 Å². The van der Waals surface area contributed by atoms with Crippen molar-refractivity contribution >= 4 is 45.9 Å². The molecule has 134 valence electrons. The number of carbonyl (C=O) groups is 1. The fourth-order valence-electron chi connectivity index (χ4n) is 2.86. The molecule has 0 spiro atoms. The molecule has 0 bridgehead atoms. The van der Waals surface area contributed by atoms with Crippen LogP contribution in [0.15, 0.2) is 44.1 Å². The molecule has 0 radical (unpaired) electrons. The molecule has 2 heterocycles. The lowest BCUT2D eigenvalue weighted by atomic mass is 10.3. The van der Waals surface area contributed by atoms with E-state index >= 15 is 0 Å². The van der Waals surface area contributed by atoms with Gasteiger partial charge in [0.15, 0.2) is 5.52 Å². The normalized spacial score (nSPS) is 13.9. The first-order chi connectivity index (χ1) is 12.6. The van der Waals surface area contributed by atoms with Crippen LogP contribution >= 0.6 is 23.3 Å². The van der Waals surface area contributed by atoms with Gasteiger partial charge in [-0.05, 0) is 48.8 Å². The lowest BCUT2D eigenvalue weighted by Crippen LogP contribution is -2.41. The van der Waals surface area contributed by atoms with Crippen LogP contribution in [0.1, 0.15) is 18.9 Å². The van der Waals surface area contributed by atoms with Crippen LogP contribution in [-0.4, -0.2) is 25.7 Å². The van der Waals surface area contributed by atoms with Crippen LogP contribution < -0.4 is 16.6 Å². The van der Waals surface area contributed by atoms with Crippen molar-refractivity contribution in [1.82, 2.24) is 13.5 Å². The Morgan fingerprint density at radius 3 is 2.92 bits per heavy atom. The average Bonchev–Trinajstić information content (AvgIpc) is 3.33. The van der Waals surface area contributed by atoms with Crippen molar-refractivity contribution in [3.8, 4) is 0 Å². The van der Waals surface area contributed by atoms with Gasteiger partial charge in [-0.25, -0.2) is 4.79 Å². The highest BCUT2D eigenvalue weighted by atomic mass is 32.2. The number of aromatic nitrogens is 3. The van der Waals surface area contributed by atoms with E-state index in [9.17, 15) is 14.4 Å². The van der Waals surface area contributed by atoms with Gasteiger partial charge >= 0.3 is 5.69 Å². The van der Waals surface area contributed by atoms with Crippen molar-refractivity contribution in [3.63, 3.8) is 0 Å². The first kappa shape index (κ1) is 17.0. The number of nitrogens with one attached hydrogen (secondary N) is 1. The Kier molecular flexibility index (Phi) is 4.41. The molecule has 1 aliphatic rings. The van der Waals surface area contributed by atoms with Crippen LogP contribution in [0.2, 0.25) is 0 Å². The standard InChI is InChI=1S/C17H16N4O3S2/c1-25-12-4-2-3-10(7-12)18-14(22)8-20-13-9-26-19-15(13)16(23)21(17(20)24)11-5-6-11/h2-4,7,9,11H,5-6,8H2,1H3,(H,18,22). The maximum Gasteiger partial charge on any atom is 0.332 e. The van der Waals surface area contributed by atoms with Crippen LogP contribution in [-0.2, 0) is 11.3 Å². The summed E-state index contributed by atoms with van der Waals surface area (Å²) in [5, 5.41) is 4.45. The quantitative estimate of drug-likeness (QED) is 0.678. The molecule has 1 N–H and O–H groups in total. The van der Waals surface area contributed by atoms with Gasteiger partial charge < -0.3 is 5.32 Å². The van der Waals surface area contributed by atoms with Crippen molar-refractivity contribution in [3.05, 3.63) is 50.5 Å². The SMILES string of the molecule is CSc1cccc(NC(=O)Cn2c(=O)n(C3CC3)c(=O)c3nscc32)c1. The molecule has 1 amide bonds. The third kappa shape index (κ3) is 3.08. The summed E-state index contributed by atoms with van der Waals surface area (Å²) in [7, 11) is 0. The summed E-state index contributed by atoms with van der Waals surface area (Å²) in [4.78, 5) is 38.8. The monoisotopic (exact) mass is 388 g/mol. The minimum Gasteiger partial charge on any atom is -0.324 e. The van der Waals surface area contributed by atoms with Crippen LogP contribution in [0.25, 0.3) is 11.0 Å². The van der Waals surface area contributed by atoms with Crippen molar-refractivity contribution in [1.29, 1.82) is 0 Å². The van der Waals surface area contributed by atoms with Crippen molar-refractivity contribution < 1.29 is 4.79 Å². The molecule has 7 nitrogen and oxygen atoms in total. The molecule has 3 aromatic rings. The van der Waals surface area contributed by atoms with Gasteiger partial charge in [-0.3, -0.25) is 18.7 Å². The molecule has 1 saturated carbocycles. The minimum atomic E-state index is -0.446. The summed E-state index contributed by atoms with van der Waals surface area (Å²) < 4.78 is 6.70. The van der Waals surface area contributed by atoms with E-state index in [4.69, 9.17) is 0 Å². The molecule has 2 aromatic heterocycles. The van der Waals surface area contributed by atoms with Crippen molar-refractivity contribution in [2.45, 2.75) is 30.3 Å². The predicted octanol–water partition coefficient (Wildman–Crippen LogP) is 2.32. The molecule has 0 unspecified atom stereocenters. The second-order valence-electron chi connectivity index (χ2n) is 6.10. The Morgan fingerprint density at radius 2 is 2.19 bits per heavy atom. The lowest BCUT2D eigenvalue weighted by molar-refractivity contribution is -0.116. The zero-order chi connectivity index (χ0) is 18.3. The molecule has 0 atom stereocenters. The van der Waals surface area contributed by atoms with Gasteiger partial charge in [0, 0.05) is 22.0 Å². The fraction of sp³-hybridized carbons (Fsp3) is 0.294. The lowest BCUT2D eigenvalue weighted by Gasteiger charge is -2.11. The predicted molar refractivity (Wildman–Crippen MR) is 103 cm³/mol. The molecule has 26 heavy (non-hydrogen) atoms. The minimum absolute atomic E-state index is 0.0753. The molecule has 0 aliphatic heterocycles. The first-order valence-electron chi connectivity index (χ1n) is 8.12. The van der Waals surface area contributed by atoms with Gasteiger partial charge in [-0.1, -0.05) is 6.07 Å². The van der Waals surface area contributed by atoms with E-state index in [-0.39, 0.29) is 29.6 Å². The molecule has 1 aromatic carbocycles. The highest BCUT2D eigenvalue weighted by Crippen LogP contribution is 2.32. The number of anilines is 1. The van der Waals surface area contributed by atoms with Gasteiger partial charge in [-0.2, -0.15) is 4.37 Å². The number of hydrogen-bond acceptors (Lipinski definition) is 6. The second-order valence-corrected chi connectivity index (χ2v) is 7.61. The van der Waals surface area contributed by atoms with Gasteiger partial charge in [0.2, 0.25) is 5.91 Å². The van der Waals surface area contributed by atoms with E-state index in [1.54, 1.807) is 23.2 Å². The van der Waals surface area contributed by atoms with Gasteiger partial charge in [0.25, 0.3) is 5.56 Å². The highest BCUT2D eigenvalue weighted by molar-refractivity contribution is 7.98. The van der Waals surface area contributed by atoms with E-state index < -0.39 is 5.69 Å². The summed E-state index contributed by atoms with van der Waals surface area (Å²) in [6.45, 7) is -0.162. The molecule has 9 heteroatoms. The Bertz CT molecular complexity index is 1110. The first-order valence-corrected chi connectivity index (χ1v) is 10.2. The number of thioether (sulfide) groups is 1. The molecular formula is C17H16N4O3S2. The topological polar surface area (TPSA) is 86.0 Å². The Labute approximate surface area is 156 Å². The maximum atomic E-state index is 12.8. The Morgan fingerprint density at radius 1 is 1.38 bits per heavy atom. The number of benzene rings is 1. The smallest absolute Gasteiger partial charge is 0.324 e. The van der Waals surface area contributed by atoms with E-state index in [1.807, 2.05) is 24.5 Å². The molecule has 0 saturated heterocycles. The summed E-state index contributed by atoms with van der Waals surface area (Å²) in [6, 6.07) is 7.42. The zero-order valence-electron chi connectivity index (χ0n) is 14.0. The molecule has 1 fully saturated rings. The average molecular weight is 388 g/mol. The molecule has 1 aliphatic carbocycles. The number of hydrogen-bond donors (Lipinski definition) is 1. The van der Waals surface area contributed by atoms with Crippen molar-refractivity contribution in [2.75, 3.05) is 11.6 Å². The molecular weight excluding hydrogens is 372 g/mol. The third-order valence-electron chi connectivity index (χ3n) is 4.27. The number of carbonyl (C=O) groups excluding carboxylic acids is 1. The fourth-order valence-corrected chi connectivity index (χ4v) is 3.99. The second kappa shape index (κ2) is 6.73. The number of amides is 1. The van der Waals surface area contributed by atoms with Crippen LogP contribution in [0.3, 0.4) is 0 Å². The summed E-state index contributed by atoms with van der Waals surface area (Å²) in [6.07, 6.45) is 3.57. The van der Waals surface area contributed by atoms with Crippen LogP contribution in [0, 0.1) is 0 Å². The number of fused-ring (bicyclic) bond motifs is 1. The van der Waals surface area contributed by atoms with Gasteiger partial charge in [-0.15, -0.1) is 11.8 Å². The summed E-state index contributed by atoms with van der Waals surface area (Å²) in [5.41, 5.74) is 0.523. The van der Waals surface area contributed by atoms with Gasteiger partial charge in [0.05, 0.1) is 5.52 Å². The Hall–Kier alpha value is -2.39. The molecule has 4 rings (SSSR count). The summed E-state index contributed by atoms with van der Waals surface area (Å²) >= 11 is 2.69. The van der Waals surface area contributed by atoms with Crippen molar-refractivity contribution in [2.24, 2.45) is 0 Å². The van der Waals surface area contributed by atoms with E-state index in [1.165, 1.54) is 9.13 Å². The third-order valence-corrected chi connectivity index (χ3v) is 5.61. The number of rotatable bonds is 5. The largest absolute Gasteiger partial charge is 0.332 e.